The Hall–Kier alpha value is -1.64. The molecule has 3 aliphatic rings. The van der Waals surface area contributed by atoms with E-state index in [0.29, 0.717) is 12.0 Å². The molecule has 1 unspecified atom stereocenters. The summed E-state index contributed by atoms with van der Waals surface area (Å²) in [5.41, 5.74) is 3.90. The van der Waals surface area contributed by atoms with Crippen LogP contribution in [0.4, 0.5) is 5.82 Å². The second kappa shape index (κ2) is 8.16. The molecule has 0 amide bonds. The summed E-state index contributed by atoms with van der Waals surface area (Å²) < 4.78 is 0. The quantitative estimate of drug-likeness (QED) is 0.674. The number of aromatic nitrogens is 1. The molecule has 1 aromatic rings. The smallest absolute Gasteiger partial charge is 0.134 e. The fourth-order valence-electron chi connectivity index (χ4n) is 4.59. The molecule has 1 atom stereocenters. The van der Waals surface area contributed by atoms with Crippen molar-refractivity contribution in [1.29, 1.82) is 0 Å². The number of nitrogens with zero attached hydrogens (tertiary/aromatic N) is 2. The highest BCUT2D eigenvalue weighted by Gasteiger charge is 2.28. The van der Waals surface area contributed by atoms with Crippen molar-refractivity contribution in [3.8, 4) is 0 Å². The molecule has 3 nitrogen and oxygen atoms in total. The molecule has 0 bridgehead atoms. The van der Waals surface area contributed by atoms with Gasteiger partial charge in [0.1, 0.15) is 5.82 Å². The SMILES string of the molecule is C1=NC=C2c3ccc(C4CCCCCCCCCC4)nc3NC2CC1. The van der Waals surface area contributed by atoms with E-state index in [0.717, 1.165) is 18.7 Å². The largest absolute Gasteiger partial charge is 0.363 e. The van der Waals surface area contributed by atoms with Crippen molar-refractivity contribution >= 4 is 17.6 Å². The van der Waals surface area contributed by atoms with Gasteiger partial charge in [0.2, 0.25) is 0 Å². The summed E-state index contributed by atoms with van der Waals surface area (Å²) in [6, 6.07) is 4.98. The Morgan fingerprint density at radius 2 is 1.56 bits per heavy atom. The van der Waals surface area contributed by atoms with Crippen LogP contribution in [0.2, 0.25) is 0 Å². The number of hydrogen-bond donors (Lipinski definition) is 1. The van der Waals surface area contributed by atoms with Crippen molar-refractivity contribution in [3.05, 3.63) is 29.6 Å². The van der Waals surface area contributed by atoms with E-state index in [9.17, 15) is 0 Å². The van der Waals surface area contributed by atoms with E-state index >= 15 is 0 Å². The molecule has 4 rings (SSSR count). The Balaban J connectivity index is 1.52. The van der Waals surface area contributed by atoms with Crippen LogP contribution in [0.15, 0.2) is 23.3 Å². The van der Waals surface area contributed by atoms with Gasteiger partial charge in [0.15, 0.2) is 0 Å². The maximum atomic E-state index is 5.08. The first-order valence-corrected chi connectivity index (χ1v) is 10.4. The third-order valence-corrected chi connectivity index (χ3v) is 6.09. The topological polar surface area (TPSA) is 37.3 Å². The van der Waals surface area contributed by atoms with Crippen molar-refractivity contribution in [2.24, 2.45) is 4.99 Å². The van der Waals surface area contributed by atoms with E-state index in [1.54, 1.807) is 0 Å². The summed E-state index contributed by atoms with van der Waals surface area (Å²) in [5.74, 6) is 1.74. The van der Waals surface area contributed by atoms with Gasteiger partial charge >= 0.3 is 0 Å². The molecule has 1 aromatic heterocycles. The molecule has 3 heteroatoms. The van der Waals surface area contributed by atoms with Gasteiger partial charge in [-0.25, -0.2) is 4.98 Å². The molecule has 1 N–H and O–H groups in total. The molecule has 1 fully saturated rings. The average Bonchev–Trinajstić information content (AvgIpc) is 2.81. The molecule has 1 saturated carbocycles. The molecule has 1 aliphatic carbocycles. The predicted molar refractivity (Wildman–Crippen MR) is 106 cm³/mol. The number of pyridine rings is 1. The first-order chi connectivity index (χ1) is 12.4. The molecule has 3 heterocycles. The Morgan fingerprint density at radius 3 is 2.32 bits per heavy atom. The van der Waals surface area contributed by atoms with E-state index in [1.165, 1.54) is 81.0 Å². The highest BCUT2D eigenvalue weighted by atomic mass is 15.1. The first-order valence-electron chi connectivity index (χ1n) is 10.4. The highest BCUT2D eigenvalue weighted by molar-refractivity contribution is 5.86. The number of fused-ring (bicyclic) bond motifs is 3. The number of aliphatic imine (C=N–C) groups is 1. The minimum absolute atomic E-state index is 0.396. The van der Waals surface area contributed by atoms with Crippen LogP contribution in [-0.2, 0) is 0 Å². The number of nitrogens with one attached hydrogen (secondary N) is 1. The molecule has 0 spiro atoms. The third kappa shape index (κ3) is 3.96. The lowest BCUT2D eigenvalue weighted by Crippen LogP contribution is -2.14. The fraction of sp³-hybridized carbons (Fsp3) is 0.636. The zero-order chi connectivity index (χ0) is 16.9. The van der Waals surface area contributed by atoms with Crippen LogP contribution in [-0.4, -0.2) is 17.2 Å². The van der Waals surface area contributed by atoms with E-state index < -0.39 is 0 Å². The summed E-state index contributed by atoms with van der Waals surface area (Å²) >= 11 is 0. The summed E-state index contributed by atoms with van der Waals surface area (Å²) in [6.45, 7) is 0. The summed E-state index contributed by atoms with van der Waals surface area (Å²) in [6.07, 6.45) is 20.1. The van der Waals surface area contributed by atoms with Crippen molar-refractivity contribution in [2.45, 2.75) is 89.0 Å². The van der Waals surface area contributed by atoms with Crippen molar-refractivity contribution in [2.75, 3.05) is 5.32 Å². The lowest BCUT2D eigenvalue weighted by Gasteiger charge is -2.17. The van der Waals surface area contributed by atoms with Crippen LogP contribution in [0.25, 0.3) is 5.57 Å². The van der Waals surface area contributed by atoms with Crippen molar-refractivity contribution in [1.82, 2.24) is 4.98 Å². The molecular weight excluding hydrogens is 306 g/mol. The van der Waals surface area contributed by atoms with Gasteiger partial charge in [-0.05, 0) is 37.8 Å². The van der Waals surface area contributed by atoms with Gasteiger partial charge in [-0.3, -0.25) is 4.99 Å². The third-order valence-electron chi connectivity index (χ3n) is 6.09. The van der Waals surface area contributed by atoms with Crippen LogP contribution in [0, 0.1) is 0 Å². The summed E-state index contributed by atoms with van der Waals surface area (Å²) in [4.78, 5) is 9.50. The van der Waals surface area contributed by atoms with Gasteiger partial charge < -0.3 is 5.32 Å². The fourth-order valence-corrected chi connectivity index (χ4v) is 4.59. The first kappa shape index (κ1) is 16.8. The molecule has 134 valence electrons. The maximum absolute atomic E-state index is 5.08. The van der Waals surface area contributed by atoms with Crippen LogP contribution < -0.4 is 5.32 Å². The van der Waals surface area contributed by atoms with Gasteiger partial charge in [0.25, 0.3) is 0 Å². The summed E-state index contributed by atoms with van der Waals surface area (Å²) in [5, 5.41) is 3.66. The van der Waals surface area contributed by atoms with Gasteiger partial charge in [-0.1, -0.05) is 51.4 Å². The molecule has 2 aliphatic heterocycles. The zero-order valence-electron chi connectivity index (χ0n) is 15.3. The molecule has 0 aromatic carbocycles. The maximum Gasteiger partial charge on any atom is 0.134 e. The minimum Gasteiger partial charge on any atom is -0.363 e. The van der Waals surface area contributed by atoms with E-state index in [2.05, 4.69) is 22.4 Å². The molecule has 0 radical (unpaired) electrons. The highest BCUT2D eigenvalue weighted by Crippen LogP contribution is 2.38. The molecular formula is C22H31N3. The van der Waals surface area contributed by atoms with Crippen molar-refractivity contribution < 1.29 is 0 Å². The van der Waals surface area contributed by atoms with Crippen LogP contribution in [0.1, 0.15) is 94.2 Å². The average molecular weight is 338 g/mol. The van der Waals surface area contributed by atoms with Crippen LogP contribution in [0.5, 0.6) is 0 Å². The molecule has 25 heavy (non-hydrogen) atoms. The van der Waals surface area contributed by atoms with Crippen LogP contribution in [0.3, 0.4) is 0 Å². The second-order valence-corrected chi connectivity index (χ2v) is 7.93. The monoisotopic (exact) mass is 337 g/mol. The number of hydrogen-bond acceptors (Lipinski definition) is 3. The van der Waals surface area contributed by atoms with E-state index in [-0.39, 0.29) is 0 Å². The van der Waals surface area contributed by atoms with E-state index in [1.807, 2.05) is 12.4 Å². The number of rotatable bonds is 1. The lowest BCUT2D eigenvalue weighted by atomic mass is 9.91. The number of anilines is 1. The zero-order valence-corrected chi connectivity index (χ0v) is 15.3. The van der Waals surface area contributed by atoms with Gasteiger partial charge in [0, 0.05) is 35.2 Å². The Kier molecular flexibility index (Phi) is 5.49. The Labute approximate surface area is 152 Å². The van der Waals surface area contributed by atoms with Gasteiger partial charge in [-0.2, -0.15) is 0 Å². The van der Waals surface area contributed by atoms with Gasteiger partial charge in [0.05, 0.1) is 6.04 Å². The predicted octanol–water partition coefficient (Wildman–Crippen LogP) is 6.08. The molecule has 0 saturated heterocycles. The summed E-state index contributed by atoms with van der Waals surface area (Å²) in [7, 11) is 0. The van der Waals surface area contributed by atoms with Gasteiger partial charge in [-0.15, -0.1) is 0 Å². The Bertz CT molecular complexity index is 635. The lowest BCUT2D eigenvalue weighted by molar-refractivity contribution is 0.505. The van der Waals surface area contributed by atoms with Crippen molar-refractivity contribution in [3.63, 3.8) is 0 Å². The standard InChI is InChI=1S/C22H31N3/c1-2-4-6-8-11-17(10-7-5-3-1)20-14-13-18-19-16-23-15-9-12-21(19)25-22(18)24-20/h13-17,21H,1-12H2,(H,24,25). The van der Waals surface area contributed by atoms with E-state index in [4.69, 9.17) is 4.98 Å². The minimum atomic E-state index is 0.396. The second-order valence-electron chi connectivity index (χ2n) is 7.93. The van der Waals surface area contributed by atoms with Crippen LogP contribution >= 0.6 is 0 Å². The Morgan fingerprint density at radius 1 is 0.840 bits per heavy atom. The normalized spacial score (nSPS) is 25.1.